The number of aromatic nitrogens is 3. The van der Waals surface area contributed by atoms with Crippen molar-refractivity contribution in [3.05, 3.63) is 51.7 Å². The molecule has 0 spiro atoms. The number of hydrogen-bond acceptors (Lipinski definition) is 4. The smallest absolute Gasteiger partial charge is 0.358 e. The third-order valence-corrected chi connectivity index (χ3v) is 2.34. The third kappa shape index (κ3) is 2.17. The van der Waals surface area contributed by atoms with Crippen LogP contribution in [0.2, 0.25) is 5.15 Å². The highest BCUT2D eigenvalue weighted by molar-refractivity contribution is 6.30. The van der Waals surface area contributed by atoms with Crippen LogP contribution in [0.3, 0.4) is 0 Å². The van der Waals surface area contributed by atoms with Crippen LogP contribution in [-0.2, 0) is 6.54 Å². The van der Waals surface area contributed by atoms with E-state index in [1.165, 1.54) is 12.5 Å². The Balaban J connectivity index is 2.21. The van der Waals surface area contributed by atoms with Crippen molar-refractivity contribution in [2.75, 3.05) is 0 Å². The summed E-state index contributed by atoms with van der Waals surface area (Å²) in [4.78, 5) is 17.4. The maximum absolute atomic E-state index is 10.4. The van der Waals surface area contributed by atoms with Gasteiger partial charge in [0.2, 0.25) is 6.33 Å². The van der Waals surface area contributed by atoms with Crippen LogP contribution in [0, 0.1) is 10.1 Å². The average Bonchev–Trinajstić information content (AvgIpc) is 2.70. The molecule has 7 heteroatoms. The highest BCUT2D eigenvalue weighted by atomic mass is 35.5. The van der Waals surface area contributed by atoms with Crippen LogP contribution in [0.4, 0.5) is 5.82 Å². The van der Waals surface area contributed by atoms with Crippen molar-refractivity contribution in [3.8, 4) is 0 Å². The van der Waals surface area contributed by atoms with Crippen LogP contribution in [0.15, 0.2) is 30.9 Å². The maximum Gasteiger partial charge on any atom is 0.381 e. The van der Waals surface area contributed by atoms with Gasteiger partial charge in [0.1, 0.15) is 11.3 Å². The first-order chi connectivity index (χ1) is 7.66. The molecule has 82 valence electrons. The first-order valence-electron chi connectivity index (χ1n) is 4.42. The van der Waals surface area contributed by atoms with Crippen molar-refractivity contribution in [1.29, 1.82) is 0 Å². The van der Waals surface area contributed by atoms with Crippen molar-refractivity contribution in [3.63, 3.8) is 0 Å². The summed E-state index contributed by atoms with van der Waals surface area (Å²) >= 11 is 5.86. The van der Waals surface area contributed by atoms with E-state index in [2.05, 4.69) is 9.97 Å². The van der Waals surface area contributed by atoms with Crippen LogP contribution in [0.25, 0.3) is 0 Å². The number of rotatable bonds is 3. The lowest BCUT2D eigenvalue weighted by molar-refractivity contribution is -0.389. The van der Waals surface area contributed by atoms with Gasteiger partial charge in [0.05, 0.1) is 6.54 Å². The molecular formula is C9H7ClN4O2. The maximum atomic E-state index is 10.4. The van der Waals surface area contributed by atoms with E-state index in [0.29, 0.717) is 11.7 Å². The number of imidazole rings is 1. The summed E-state index contributed by atoms with van der Waals surface area (Å²) in [5.41, 5.74) is 0.788. The summed E-state index contributed by atoms with van der Waals surface area (Å²) < 4.78 is 1.58. The number of pyridine rings is 1. The fraction of sp³-hybridized carbons (Fsp3) is 0.111. The number of hydrogen-bond donors (Lipinski definition) is 0. The van der Waals surface area contributed by atoms with E-state index in [-0.39, 0.29) is 5.82 Å². The van der Waals surface area contributed by atoms with Crippen molar-refractivity contribution in [2.45, 2.75) is 6.54 Å². The van der Waals surface area contributed by atoms with Gasteiger partial charge in [-0.1, -0.05) is 17.7 Å². The molecule has 0 aliphatic rings. The minimum absolute atomic E-state index is 0.181. The molecule has 0 aliphatic heterocycles. The van der Waals surface area contributed by atoms with E-state index in [0.717, 1.165) is 5.56 Å². The lowest BCUT2D eigenvalue weighted by Gasteiger charge is -2.01. The Kier molecular flexibility index (Phi) is 2.82. The highest BCUT2D eigenvalue weighted by Gasteiger charge is 2.10. The van der Waals surface area contributed by atoms with Gasteiger partial charge in [0.25, 0.3) is 0 Å². The molecule has 0 saturated heterocycles. The molecule has 0 atom stereocenters. The number of nitro groups is 1. The molecule has 16 heavy (non-hydrogen) atoms. The number of nitrogens with zero attached hydrogens (tertiary/aromatic N) is 4. The second-order valence-electron chi connectivity index (χ2n) is 3.11. The molecule has 0 saturated carbocycles. The number of halogens is 1. The first kappa shape index (κ1) is 10.6. The Morgan fingerprint density at radius 2 is 2.31 bits per heavy atom. The van der Waals surface area contributed by atoms with Crippen molar-refractivity contribution in [1.82, 2.24) is 14.5 Å². The van der Waals surface area contributed by atoms with Crippen LogP contribution in [0.1, 0.15) is 5.56 Å². The van der Waals surface area contributed by atoms with E-state index in [9.17, 15) is 10.1 Å². The molecule has 2 aromatic heterocycles. The van der Waals surface area contributed by atoms with E-state index < -0.39 is 4.92 Å². The molecule has 0 radical (unpaired) electrons. The molecular weight excluding hydrogens is 232 g/mol. The molecule has 0 aromatic carbocycles. The van der Waals surface area contributed by atoms with Gasteiger partial charge in [-0.3, -0.25) is 0 Å². The fourth-order valence-corrected chi connectivity index (χ4v) is 1.44. The van der Waals surface area contributed by atoms with E-state index >= 15 is 0 Å². The predicted octanol–water partition coefficient (Wildman–Crippen LogP) is 1.89. The summed E-state index contributed by atoms with van der Waals surface area (Å²) in [7, 11) is 0. The molecule has 0 unspecified atom stereocenters. The third-order valence-electron chi connectivity index (χ3n) is 2.00. The lowest BCUT2D eigenvalue weighted by atomic mass is 10.3. The second kappa shape index (κ2) is 4.28. The predicted molar refractivity (Wildman–Crippen MR) is 57.2 cm³/mol. The van der Waals surface area contributed by atoms with Gasteiger partial charge in [-0.25, -0.2) is 4.98 Å². The van der Waals surface area contributed by atoms with Gasteiger partial charge in [-0.15, -0.1) is 0 Å². The SMILES string of the molecule is O=[N+]([O-])c1cn(Cc2cccnc2Cl)cn1. The molecule has 6 nitrogen and oxygen atoms in total. The molecule has 2 heterocycles. The van der Waals surface area contributed by atoms with E-state index in [1.807, 2.05) is 0 Å². The van der Waals surface area contributed by atoms with Crippen molar-refractivity contribution in [2.24, 2.45) is 0 Å². The van der Waals surface area contributed by atoms with Crippen LogP contribution < -0.4 is 0 Å². The van der Waals surface area contributed by atoms with Gasteiger partial charge in [-0.2, -0.15) is 0 Å². The Morgan fingerprint density at radius 1 is 1.50 bits per heavy atom. The van der Waals surface area contributed by atoms with Gasteiger partial charge >= 0.3 is 5.82 Å². The zero-order valence-electron chi connectivity index (χ0n) is 8.08. The van der Waals surface area contributed by atoms with E-state index in [1.54, 1.807) is 22.9 Å². The molecule has 0 amide bonds. The fourth-order valence-electron chi connectivity index (χ4n) is 1.26. The zero-order valence-corrected chi connectivity index (χ0v) is 8.83. The monoisotopic (exact) mass is 238 g/mol. The Morgan fingerprint density at radius 3 is 2.94 bits per heavy atom. The van der Waals surface area contributed by atoms with Crippen LogP contribution in [-0.4, -0.2) is 19.5 Å². The van der Waals surface area contributed by atoms with Gasteiger partial charge in [0, 0.05) is 11.8 Å². The zero-order chi connectivity index (χ0) is 11.5. The minimum Gasteiger partial charge on any atom is -0.358 e. The normalized spacial score (nSPS) is 10.3. The lowest BCUT2D eigenvalue weighted by Crippen LogP contribution is -1.98. The molecule has 2 aromatic rings. The van der Waals surface area contributed by atoms with Gasteiger partial charge < -0.3 is 14.7 Å². The molecule has 0 aliphatic carbocycles. The van der Waals surface area contributed by atoms with Gasteiger partial charge in [0.15, 0.2) is 0 Å². The van der Waals surface area contributed by atoms with Crippen LogP contribution in [0.5, 0.6) is 0 Å². The second-order valence-corrected chi connectivity index (χ2v) is 3.47. The summed E-state index contributed by atoms with van der Waals surface area (Å²) in [5, 5.41) is 10.8. The topological polar surface area (TPSA) is 73.8 Å². The van der Waals surface area contributed by atoms with Crippen molar-refractivity contribution >= 4 is 17.4 Å². The Hall–Kier alpha value is -1.95. The highest BCUT2D eigenvalue weighted by Crippen LogP contribution is 2.14. The molecule has 0 bridgehead atoms. The molecule has 0 N–H and O–H groups in total. The average molecular weight is 239 g/mol. The van der Waals surface area contributed by atoms with E-state index in [4.69, 9.17) is 11.6 Å². The molecule has 2 rings (SSSR count). The van der Waals surface area contributed by atoms with Crippen molar-refractivity contribution < 1.29 is 4.92 Å². The largest absolute Gasteiger partial charge is 0.381 e. The quantitative estimate of drug-likeness (QED) is 0.465. The summed E-state index contributed by atoms with van der Waals surface area (Å²) in [6, 6.07) is 3.56. The first-order valence-corrected chi connectivity index (χ1v) is 4.80. The molecule has 0 fully saturated rings. The van der Waals surface area contributed by atoms with Gasteiger partial charge in [-0.05, 0) is 16.0 Å². The summed E-state index contributed by atoms with van der Waals surface area (Å²) in [6.45, 7) is 0.410. The Bertz CT molecular complexity index is 526. The van der Waals surface area contributed by atoms with Crippen LogP contribution >= 0.6 is 11.6 Å². The summed E-state index contributed by atoms with van der Waals surface area (Å²) in [5.74, 6) is -0.181. The summed E-state index contributed by atoms with van der Waals surface area (Å²) in [6.07, 6.45) is 4.33. The minimum atomic E-state index is -0.540. The standard InChI is InChI=1S/C9H7ClN4O2/c10-9-7(2-1-3-11-9)4-13-5-8(12-6-13)14(15)16/h1-3,5-6H,4H2. The Labute approximate surface area is 95.7 Å².